The minimum atomic E-state index is -0.599. The Labute approximate surface area is 105 Å². The minimum absolute atomic E-state index is 0.158. The van der Waals surface area contributed by atoms with Gasteiger partial charge >= 0.3 is 0 Å². The molecule has 2 unspecified atom stereocenters. The molecule has 1 fully saturated rings. The molecule has 1 heterocycles. The van der Waals surface area contributed by atoms with Crippen LogP contribution in [0.25, 0.3) is 0 Å². The van der Waals surface area contributed by atoms with Crippen molar-refractivity contribution >= 4 is 15.9 Å². The van der Waals surface area contributed by atoms with E-state index in [9.17, 15) is 5.11 Å². The first kappa shape index (κ1) is 12.1. The highest BCUT2D eigenvalue weighted by Gasteiger charge is 2.33. The topological polar surface area (TPSA) is 29.5 Å². The second-order valence-electron chi connectivity index (χ2n) is 4.67. The lowest BCUT2D eigenvalue weighted by Gasteiger charge is -2.35. The third-order valence-corrected chi connectivity index (χ3v) is 3.55. The normalized spacial score (nSPS) is 30.3. The molecule has 0 aromatic heterocycles. The molecule has 16 heavy (non-hydrogen) atoms. The van der Waals surface area contributed by atoms with Gasteiger partial charge in [0.1, 0.15) is 0 Å². The van der Waals surface area contributed by atoms with Gasteiger partial charge in [-0.1, -0.05) is 28.1 Å². The number of ether oxygens (including phenoxy) is 1. The molecule has 0 bridgehead atoms. The average molecular weight is 285 g/mol. The fourth-order valence-corrected chi connectivity index (χ4v) is 2.78. The largest absolute Gasteiger partial charge is 0.389 e. The standard InChI is InChI=1S/C13H17BrO2/c1-10-8-13(15,5-6-16-10)9-11-3-2-4-12(14)7-11/h2-4,7,10,15H,5-6,8-9H2,1H3. The summed E-state index contributed by atoms with van der Waals surface area (Å²) < 4.78 is 6.53. The van der Waals surface area contributed by atoms with Gasteiger partial charge < -0.3 is 9.84 Å². The van der Waals surface area contributed by atoms with Gasteiger partial charge in [0.05, 0.1) is 11.7 Å². The van der Waals surface area contributed by atoms with Crippen LogP contribution in [0.3, 0.4) is 0 Å². The van der Waals surface area contributed by atoms with Crippen LogP contribution in [0.4, 0.5) is 0 Å². The Morgan fingerprint density at radius 3 is 3.06 bits per heavy atom. The van der Waals surface area contributed by atoms with E-state index in [1.165, 1.54) is 5.56 Å². The van der Waals surface area contributed by atoms with Crippen molar-refractivity contribution in [3.05, 3.63) is 34.3 Å². The van der Waals surface area contributed by atoms with Crippen LogP contribution in [0, 0.1) is 0 Å². The van der Waals surface area contributed by atoms with Crippen LogP contribution < -0.4 is 0 Å². The van der Waals surface area contributed by atoms with E-state index < -0.39 is 5.60 Å². The zero-order valence-corrected chi connectivity index (χ0v) is 11.0. The van der Waals surface area contributed by atoms with E-state index in [0.29, 0.717) is 13.0 Å². The molecular weight excluding hydrogens is 268 g/mol. The zero-order chi connectivity index (χ0) is 11.6. The molecule has 1 aromatic carbocycles. The molecule has 88 valence electrons. The summed E-state index contributed by atoms with van der Waals surface area (Å²) in [6, 6.07) is 8.13. The maximum atomic E-state index is 10.5. The fraction of sp³-hybridized carbons (Fsp3) is 0.538. The Bertz CT molecular complexity index is 367. The number of halogens is 1. The maximum Gasteiger partial charge on any atom is 0.0734 e. The Balaban J connectivity index is 2.08. The van der Waals surface area contributed by atoms with Crippen molar-refractivity contribution in [2.75, 3.05) is 6.61 Å². The molecule has 1 N–H and O–H groups in total. The highest BCUT2D eigenvalue weighted by Crippen LogP contribution is 2.29. The summed E-state index contributed by atoms with van der Waals surface area (Å²) >= 11 is 3.45. The van der Waals surface area contributed by atoms with Crippen LogP contribution in [0.1, 0.15) is 25.3 Å². The lowest BCUT2D eigenvalue weighted by Crippen LogP contribution is -2.41. The molecule has 1 aromatic rings. The van der Waals surface area contributed by atoms with Gasteiger partial charge in [0.15, 0.2) is 0 Å². The average Bonchev–Trinajstić information content (AvgIpc) is 2.16. The second kappa shape index (κ2) is 4.86. The smallest absolute Gasteiger partial charge is 0.0734 e. The number of rotatable bonds is 2. The molecule has 3 heteroatoms. The highest BCUT2D eigenvalue weighted by molar-refractivity contribution is 9.10. The van der Waals surface area contributed by atoms with Crippen molar-refractivity contribution < 1.29 is 9.84 Å². The van der Waals surface area contributed by atoms with Crippen LogP contribution in [0.15, 0.2) is 28.7 Å². The van der Waals surface area contributed by atoms with E-state index in [0.717, 1.165) is 17.3 Å². The van der Waals surface area contributed by atoms with Crippen molar-refractivity contribution in [2.45, 2.75) is 37.9 Å². The van der Waals surface area contributed by atoms with Crippen molar-refractivity contribution in [3.63, 3.8) is 0 Å². The zero-order valence-electron chi connectivity index (χ0n) is 9.45. The summed E-state index contributed by atoms with van der Waals surface area (Å²) in [5.74, 6) is 0. The molecule has 0 saturated carbocycles. The second-order valence-corrected chi connectivity index (χ2v) is 5.58. The first-order valence-electron chi connectivity index (χ1n) is 5.66. The van der Waals surface area contributed by atoms with E-state index in [1.54, 1.807) is 0 Å². The van der Waals surface area contributed by atoms with Crippen LogP contribution in [-0.2, 0) is 11.2 Å². The van der Waals surface area contributed by atoms with Crippen molar-refractivity contribution in [3.8, 4) is 0 Å². The van der Waals surface area contributed by atoms with E-state index in [2.05, 4.69) is 28.1 Å². The van der Waals surface area contributed by atoms with Crippen LogP contribution >= 0.6 is 15.9 Å². The van der Waals surface area contributed by atoms with Crippen molar-refractivity contribution in [1.29, 1.82) is 0 Å². The van der Waals surface area contributed by atoms with Gasteiger partial charge in [-0.2, -0.15) is 0 Å². The molecule has 0 spiro atoms. The number of aliphatic hydroxyl groups is 1. The van der Waals surface area contributed by atoms with Gasteiger partial charge in [-0.15, -0.1) is 0 Å². The molecule has 2 atom stereocenters. The molecule has 2 nitrogen and oxygen atoms in total. The summed E-state index contributed by atoms with van der Waals surface area (Å²) in [4.78, 5) is 0. The first-order chi connectivity index (χ1) is 7.57. The minimum Gasteiger partial charge on any atom is -0.389 e. The van der Waals surface area contributed by atoms with Gasteiger partial charge in [-0.25, -0.2) is 0 Å². The molecule has 0 amide bonds. The van der Waals surface area contributed by atoms with Crippen LogP contribution in [0.2, 0.25) is 0 Å². The summed E-state index contributed by atoms with van der Waals surface area (Å²) in [5, 5.41) is 10.5. The summed E-state index contributed by atoms with van der Waals surface area (Å²) in [6.07, 6.45) is 2.31. The predicted octanol–water partition coefficient (Wildman–Crippen LogP) is 2.92. The predicted molar refractivity (Wildman–Crippen MR) is 67.4 cm³/mol. The highest BCUT2D eigenvalue weighted by atomic mass is 79.9. The SMILES string of the molecule is CC1CC(O)(Cc2cccc(Br)c2)CCO1. The molecule has 1 aliphatic heterocycles. The van der Waals surface area contributed by atoms with Gasteiger partial charge in [-0.3, -0.25) is 0 Å². The maximum absolute atomic E-state index is 10.5. The van der Waals surface area contributed by atoms with Gasteiger partial charge in [0.25, 0.3) is 0 Å². The van der Waals surface area contributed by atoms with Crippen molar-refractivity contribution in [2.24, 2.45) is 0 Å². The molecule has 2 rings (SSSR count). The quantitative estimate of drug-likeness (QED) is 0.905. The Morgan fingerprint density at radius 2 is 2.38 bits per heavy atom. The Morgan fingerprint density at radius 1 is 1.56 bits per heavy atom. The lowest BCUT2D eigenvalue weighted by molar-refractivity contribution is -0.0961. The number of hydrogen-bond acceptors (Lipinski definition) is 2. The van der Waals surface area contributed by atoms with E-state index in [-0.39, 0.29) is 6.10 Å². The fourth-order valence-electron chi connectivity index (χ4n) is 2.33. The third kappa shape index (κ3) is 3.06. The van der Waals surface area contributed by atoms with Crippen LogP contribution in [-0.4, -0.2) is 23.4 Å². The molecule has 0 radical (unpaired) electrons. The van der Waals surface area contributed by atoms with Gasteiger partial charge in [0, 0.05) is 23.9 Å². The van der Waals surface area contributed by atoms with Crippen LogP contribution in [0.5, 0.6) is 0 Å². The number of benzene rings is 1. The molecule has 0 aliphatic carbocycles. The van der Waals surface area contributed by atoms with Gasteiger partial charge in [0.2, 0.25) is 0 Å². The summed E-state index contributed by atoms with van der Waals surface area (Å²) in [7, 11) is 0. The van der Waals surface area contributed by atoms with Crippen molar-refractivity contribution in [1.82, 2.24) is 0 Å². The van der Waals surface area contributed by atoms with E-state index in [1.807, 2.05) is 19.1 Å². The summed E-state index contributed by atoms with van der Waals surface area (Å²) in [5.41, 5.74) is 0.573. The lowest BCUT2D eigenvalue weighted by atomic mass is 9.85. The molecule has 1 saturated heterocycles. The van der Waals surface area contributed by atoms with Gasteiger partial charge in [-0.05, 0) is 31.0 Å². The van der Waals surface area contributed by atoms with E-state index >= 15 is 0 Å². The number of hydrogen-bond donors (Lipinski definition) is 1. The monoisotopic (exact) mass is 284 g/mol. The molecular formula is C13H17BrO2. The summed E-state index contributed by atoms with van der Waals surface area (Å²) in [6.45, 7) is 2.68. The first-order valence-corrected chi connectivity index (χ1v) is 6.45. The Hall–Kier alpha value is -0.380. The Kier molecular flexibility index (Phi) is 3.67. The van der Waals surface area contributed by atoms with E-state index in [4.69, 9.17) is 4.74 Å². The molecule has 1 aliphatic rings. The third-order valence-electron chi connectivity index (χ3n) is 3.06.